The number of unbranched alkanes of at least 4 members (excludes halogenated alkanes) is 2. The number of hydrogen-bond acceptors (Lipinski definition) is 11. The van der Waals surface area contributed by atoms with Crippen molar-refractivity contribution < 1.29 is 51.9 Å². The number of ether oxygens (including phenoxy) is 2. The van der Waals surface area contributed by atoms with Crippen LogP contribution >= 0.6 is 8.25 Å². The third kappa shape index (κ3) is 10.4. The average Bonchev–Trinajstić information content (AvgIpc) is 3.61. The first kappa shape index (κ1) is 38.7. The van der Waals surface area contributed by atoms with Crippen molar-refractivity contribution in [1.82, 2.24) is 15.7 Å². The van der Waals surface area contributed by atoms with E-state index in [-0.39, 0.29) is 29.5 Å². The van der Waals surface area contributed by atoms with Crippen LogP contribution in [0, 0.1) is 5.92 Å². The van der Waals surface area contributed by atoms with Crippen LogP contribution < -0.4 is 29.5 Å². The van der Waals surface area contributed by atoms with Crippen LogP contribution in [-0.4, -0.2) is 73.7 Å². The van der Waals surface area contributed by atoms with Crippen LogP contribution in [0.15, 0.2) is 52.9 Å². The minimum absolute atomic E-state index is 0.0540. The van der Waals surface area contributed by atoms with Crippen molar-refractivity contribution in [3.05, 3.63) is 59.9 Å². The number of hydroxylamine groups is 2. The number of amides is 3. The van der Waals surface area contributed by atoms with E-state index in [1.54, 1.807) is 44.2 Å². The average molecular weight is 728 g/mol. The van der Waals surface area contributed by atoms with Crippen LogP contribution in [0.1, 0.15) is 73.8 Å². The van der Waals surface area contributed by atoms with Crippen molar-refractivity contribution >= 4 is 38.1 Å². The second-order valence-corrected chi connectivity index (χ2v) is 12.4. The number of benzene rings is 2. The van der Waals surface area contributed by atoms with Gasteiger partial charge in [-0.15, -0.1) is 4.89 Å². The van der Waals surface area contributed by atoms with Gasteiger partial charge in [-0.25, -0.2) is 9.32 Å². The molecule has 0 spiro atoms. The lowest BCUT2D eigenvalue weighted by molar-refractivity contribution is -0.171. The smallest absolute Gasteiger partial charge is 0.494 e. The molecule has 3 amide bonds. The summed E-state index contributed by atoms with van der Waals surface area (Å²) in [6.45, 7) is 6.87. The Kier molecular flexibility index (Phi) is 14.2. The van der Waals surface area contributed by atoms with E-state index in [9.17, 15) is 28.6 Å². The highest BCUT2D eigenvalue weighted by atomic mass is 31.1. The fourth-order valence-corrected chi connectivity index (χ4v) is 5.99. The summed E-state index contributed by atoms with van der Waals surface area (Å²) in [6.07, 6.45) is 3.57. The van der Waals surface area contributed by atoms with Gasteiger partial charge in [-0.05, 0) is 62.2 Å². The number of likely N-dealkylation sites (N-methyl/N-ethyl adjacent to an activating group) is 1. The number of carbonyl (C=O) groups is 4. The maximum absolute atomic E-state index is 13.6. The number of carbonyl (C=O) groups excluding carboxylic acids is 4. The molecular weight excluding hydrogens is 683 g/mol. The van der Waals surface area contributed by atoms with E-state index in [1.807, 2.05) is 18.9 Å². The van der Waals surface area contributed by atoms with Crippen molar-refractivity contribution in [2.45, 2.75) is 58.9 Å². The Labute approximate surface area is 297 Å². The number of nitrogens with zero attached hydrogens (tertiary/aromatic N) is 2. The maximum Gasteiger partial charge on any atom is 0.747 e. The fourth-order valence-electron chi connectivity index (χ4n) is 5.70. The van der Waals surface area contributed by atoms with Gasteiger partial charge in [0.15, 0.2) is 11.5 Å². The molecule has 16 heteroatoms. The van der Waals surface area contributed by atoms with Gasteiger partial charge in [-0.2, -0.15) is 5.06 Å². The Morgan fingerprint density at radius 2 is 1.84 bits per heavy atom. The number of nitrogens with one attached hydrogen (secondary N) is 2. The highest BCUT2D eigenvalue weighted by Gasteiger charge is 2.34. The van der Waals surface area contributed by atoms with E-state index in [0.29, 0.717) is 62.5 Å². The van der Waals surface area contributed by atoms with Gasteiger partial charge >= 0.3 is 14.2 Å². The highest BCUT2D eigenvalue weighted by Crippen LogP contribution is 2.35. The first-order chi connectivity index (χ1) is 24.6. The molecule has 3 N–H and O–H groups in total. The summed E-state index contributed by atoms with van der Waals surface area (Å²) >= 11 is 0. The summed E-state index contributed by atoms with van der Waals surface area (Å²) in [6, 6.07) is 11.6. The zero-order valence-electron chi connectivity index (χ0n) is 29.1. The molecule has 0 aliphatic carbocycles. The van der Waals surface area contributed by atoms with E-state index < -0.39 is 38.0 Å². The molecule has 0 bridgehead atoms. The molecule has 0 fully saturated rings. The third-order valence-electron chi connectivity index (χ3n) is 8.25. The van der Waals surface area contributed by atoms with Crippen LogP contribution in [-0.2, 0) is 19.0 Å². The van der Waals surface area contributed by atoms with Gasteiger partial charge in [-0.3, -0.25) is 14.4 Å². The third-order valence-corrected chi connectivity index (χ3v) is 8.61. The van der Waals surface area contributed by atoms with E-state index in [2.05, 4.69) is 10.6 Å². The highest BCUT2D eigenvalue weighted by molar-refractivity contribution is 7.32. The minimum Gasteiger partial charge on any atom is -0.494 e. The summed E-state index contributed by atoms with van der Waals surface area (Å²) in [4.78, 5) is 68.6. The molecule has 2 heterocycles. The maximum atomic E-state index is 13.6. The molecule has 0 saturated heterocycles. The van der Waals surface area contributed by atoms with Crippen LogP contribution in [0.5, 0.6) is 17.2 Å². The lowest BCUT2D eigenvalue weighted by atomic mass is 9.90. The van der Waals surface area contributed by atoms with Crippen molar-refractivity contribution in [1.29, 1.82) is 0 Å². The number of furan rings is 1. The summed E-state index contributed by atoms with van der Waals surface area (Å²) < 4.78 is 33.0. The lowest BCUT2D eigenvalue weighted by Gasteiger charge is -2.32. The molecular formula is C35H44N4O11P+. The van der Waals surface area contributed by atoms with E-state index >= 15 is 0 Å². The Balaban J connectivity index is 1.41. The first-order valence-electron chi connectivity index (χ1n) is 16.8. The van der Waals surface area contributed by atoms with E-state index in [1.165, 1.54) is 18.2 Å². The van der Waals surface area contributed by atoms with Crippen LogP contribution in [0.25, 0.3) is 11.3 Å². The predicted octanol–water partition coefficient (Wildman–Crippen LogP) is 5.21. The van der Waals surface area contributed by atoms with Gasteiger partial charge in [0.05, 0.1) is 43.0 Å². The normalized spacial score (nSPS) is 13.5. The van der Waals surface area contributed by atoms with Crippen molar-refractivity contribution in [2.75, 3.05) is 38.4 Å². The Hall–Kier alpha value is -5.14. The quantitative estimate of drug-likeness (QED) is 0.0482. The molecule has 1 aliphatic rings. The molecule has 51 heavy (non-hydrogen) atoms. The van der Waals surface area contributed by atoms with Gasteiger partial charge in [0.25, 0.3) is 5.91 Å². The molecule has 0 radical (unpaired) electrons. The van der Waals surface area contributed by atoms with Gasteiger partial charge in [0.2, 0.25) is 12.3 Å². The monoisotopic (exact) mass is 727 g/mol. The van der Waals surface area contributed by atoms with Crippen LogP contribution in [0.2, 0.25) is 0 Å². The van der Waals surface area contributed by atoms with Crippen molar-refractivity contribution in [2.24, 2.45) is 5.92 Å². The number of fused-ring (bicyclic) bond motifs is 1. The van der Waals surface area contributed by atoms with Gasteiger partial charge < -0.3 is 34.3 Å². The zero-order valence-corrected chi connectivity index (χ0v) is 30.0. The molecule has 3 atom stereocenters. The standard InChI is InChI=1S/C35H43N4O11P/c1-5-8-9-10-27(28(6-2)39(22-40)49-35(43)23-11-12-31-29(19-23)38(4)15-16-47-31)33(41)36-21-37-34(42)32-14-13-30(48-32)24-17-25(46-7-3)20-26(18-24)50-51(44)45/h11-14,17-20,22,27-28H,5-10,15-16,21H2,1-4H3,(H2-,36,37,41,42,44,45)/p+1. The SMILES string of the molecule is CCCCCC(C(=O)NCNC(=O)c1ccc(-c2cc(OCC)cc(O[P+](=O)O)c2)o1)C(CC)N(C=O)OC(=O)c1ccc2c(c1)N(C)CCO2. The molecule has 0 saturated carbocycles. The first-order valence-corrected chi connectivity index (χ1v) is 17.9. The number of hydrogen-bond donors (Lipinski definition) is 3. The molecule has 274 valence electrons. The van der Waals surface area contributed by atoms with Gasteiger partial charge in [0.1, 0.15) is 23.9 Å². The van der Waals surface area contributed by atoms with Crippen molar-refractivity contribution in [3.63, 3.8) is 0 Å². The Morgan fingerprint density at radius 1 is 1.06 bits per heavy atom. The minimum atomic E-state index is -2.92. The Morgan fingerprint density at radius 3 is 2.55 bits per heavy atom. The molecule has 15 nitrogen and oxygen atoms in total. The van der Waals surface area contributed by atoms with Crippen LogP contribution in [0.4, 0.5) is 5.69 Å². The Bertz CT molecular complexity index is 1700. The predicted molar refractivity (Wildman–Crippen MR) is 186 cm³/mol. The van der Waals surface area contributed by atoms with E-state index in [0.717, 1.165) is 23.6 Å². The second-order valence-electron chi connectivity index (χ2n) is 11.7. The zero-order chi connectivity index (χ0) is 36.9. The number of anilines is 1. The molecule has 2 aromatic carbocycles. The molecule has 4 rings (SSSR count). The molecule has 3 unspecified atom stereocenters. The summed E-state index contributed by atoms with van der Waals surface area (Å²) in [5, 5.41) is 6.21. The lowest BCUT2D eigenvalue weighted by Crippen LogP contribution is -2.49. The van der Waals surface area contributed by atoms with Crippen molar-refractivity contribution in [3.8, 4) is 28.6 Å². The van der Waals surface area contributed by atoms with Gasteiger partial charge in [0, 0.05) is 23.2 Å². The molecule has 3 aromatic rings. The summed E-state index contributed by atoms with van der Waals surface area (Å²) in [5.41, 5.74) is 1.39. The molecule has 1 aromatic heterocycles. The molecule has 1 aliphatic heterocycles. The summed E-state index contributed by atoms with van der Waals surface area (Å²) in [7, 11) is -1.03. The van der Waals surface area contributed by atoms with E-state index in [4.69, 9.17) is 23.3 Å². The van der Waals surface area contributed by atoms with Gasteiger partial charge in [-0.1, -0.05) is 33.1 Å². The topological polar surface area (TPSA) is 186 Å². The largest absolute Gasteiger partial charge is 0.747 e. The van der Waals surface area contributed by atoms with Crippen LogP contribution in [0.3, 0.4) is 0 Å². The fraction of sp³-hybridized carbons (Fsp3) is 0.429. The number of rotatable bonds is 19. The summed E-state index contributed by atoms with van der Waals surface area (Å²) in [5.74, 6) is -1.25. The second kappa shape index (κ2) is 18.7.